The SMILES string of the molecule is CCC(CC)=C(NC(=O)CC(C)=O)c1ccccc1. The van der Waals surface area contributed by atoms with Gasteiger partial charge in [0.15, 0.2) is 0 Å². The lowest BCUT2D eigenvalue weighted by atomic mass is 10.0. The zero-order valence-electron chi connectivity index (χ0n) is 11.8. The molecule has 0 aromatic heterocycles. The van der Waals surface area contributed by atoms with E-state index in [-0.39, 0.29) is 18.1 Å². The van der Waals surface area contributed by atoms with Crippen molar-refractivity contribution in [2.75, 3.05) is 0 Å². The normalized spacial score (nSPS) is 9.84. The van der Waals surface area contributed by atoms with Gasteiger partial charge in [-0.25, -0.2) is 0 Å². The van der Waals surface area contributed by atoms with Crippen LogP contribution >= 0.6 is 0 Å². The number of carbonyl (C=O) groups excluding carboxylic acids is 2. The van der Waals surface area contributed by atoms with Gasteiger partial charge in [0, 0.05) is 5.70 Å². The predicted octanol–water partition coefficient (Wildman–Crippen LogP) is 3.31. The molecule has 0 saturated carbocycles. The summed E-state index contributed by atoms with van der Waals surface area (Å²) in [6.07, 6.45) is 1.68. The second-order valence-electron chi connectivity index (χ2n) is 4.48. The van der Waals surface area contributed by atoms with E-state index in [0.29, 0.717) is 0 Å². The summed E-state index contributed by atoms with van der Waals surface area (Å²) in [6.45, 7) is 5.56. The van der Waals surface area contributed by atoms with Gasteiger partial charge in [0.2, 0.25) is 5.91 Å². The summed E-state index contributed by atoms with van der Waals surface area (Å²) < 4.78 is 0. The lowest BCUT2D eigenvalue weighted by Gasteiger charge is -2.15. The molecule has 19 heavy (non-hydrogen) atoms. The third-order valence-electron chi connectivity index (χ3n) is 2.94. The second-order valence-corrected chi connectivity index (χ2v) is 4.48. The summed E-state index contributed by atoms with van der Waals surface area (Å²) in [5, 5.41) is 2.89. The fraction of sp³-hybridized carbons (Fsp3) is 0.375. The van der Waals surface area contributed by atoms with Crippen molar-refractivity contribution in [3.63, 3.8) is 0 Å². The van der Waals surface area contributed by atoms with E-state index in [1.807, 2.05) is 30.3 Å². The second kappa shape index (κ2) is 7.52. The minimum absolute atomic E-state index is 0.0724. The fourth-order valence-corrected chi connectivity index (χ4v) is 1.98. The molecule has 0 saturated heterocycles. The van der Waals surface area contributed by atoms with Crippen molar-refractivity contribution in [2.24, 2.45) is 0 Å². The van der Waals surface area contributed by atoms with Crippen LogP contribution in [-0.2, 0) is 9.59 Å². The summed E-state index contributed by atoms with van der Waals surface area (Å²) in [4.78, 5) is 22.8. The number of rotatable bonds is 6. The average Bonchev–Trinajstić information content (AvgIpc) is 2.39. The first-order valence-corrected chi connectivity index (χ1v) is 6.65. The van der Waals surface area contributed by atoms with Crippen LogP contribution in [0.1, 0.15) is 45.6 Å². The zero-order chi connectivity index (χ0) is 14.3. The number of Topliss-reactive ketones (excluding diaryl/α,β-unsaturated/α-hetero) is 1. The Kier molecular flexibility index (Phi) is 6.00. The molecule has 0 radical (unpaired) electrons. The van der Waals surface area contributed by atoms with E-state index in [2.05, 4.69) is 19.2 Å². The predicted molar refractivity (Wildman–Crippen MR) is 77.4 cm³/mol. The third kappa shape index (κ3) is 4.70. The van der Waals surface area contributed by atoms with Gasteiger partial charge in [0.1, 0.15) is 5.78 Å². The minimum Gasteiger partial charge on any atom is -0.325 e. The standard InChI is InChI=1S/C16H21NO2/c1-4-13(5-2)16(14-9-7-6-8-10-14)17-15(19)11-12(3)18/h6-10H,4-5,11H2,1-3H3,(H,17,19). The molecule has 0 aliphatic heterocycles. The molecule has 1 N–H and O–H groups in total. The molecule has 3 heteroatoms. The van der Waals surface area contributed by atoms with Crippen molar-refractivity contribution in [1.29, 1.82) is 0 Å². The third-order valence-corrected chi connectivity index (χ3v) is 2.94. The number of benzene rings is 1. The van der Waals surface area contributed by atoms with E-state index >= 15 is 0 Å². The summed E-state index contributed by atoms with van der Waals surface area (Å²) in [6, 6.07) is 9.75. The Morgan fingerprint density at radius 3 is 2.11 bits per heavy atom. The summed E-state index contributed by atoms with van der Waals surface area (Å²) in [7, 11) is 0. The maximum Gasteiger partial charge on any atom is 0.231 e. The fourth-order valence-electron chi connectivity index (χ4n) is 1.98. The van der Waals surface area contributed by atoms with Crippen LogP contribution in [-0.4, -0.2) is 11.7 Å². The maximum atomic E-state index is 11.8. The number of hydrogen-bond acceptors (Lipinski definition) is 2. The monoisotopic (exact) mass is 259 g/mol. The Morgan fingerprint density at radius 1 is 1.05 bits per heavy atom. The lowest BCUT2D eigenvalue weighted by Crippen LogP contribution is -2.24. The Bertz CT molecular complexity index is 469. The zero-order valence-corrected chi connectivity index (χ0v) is 11.8. The van der Waals surface area contributed by atoms with E-state index in [9.17, 15) is 9.59 Å². The van der Waals surface area contributed by atoms with E-state index in [4.69, 9.17) is 0 Å². The highest BCUT2D eigenvalue weighted by Crippen LogP contribution is 2.20. The first kappa shape index (κ1) is 15.2. The molecule has 1 amide bonds. The quantitative estimate of drug-likeness (QED) is 0.797. The number of carbonyl (C=O) groups is 2. The van der Waals surface area contributed by atoms with Gasteiger partial charge in [0.05, 0.1) is 6.42 Å². The van der Waals surface area contributed by atoms with Crippen LogP contribution in [0, 0.1) is 0 Å². The largest absolute Gasteiger partial charge is 0.325 e. The van der Waals surface area contributed by atoms with Crippen LogP contribution in [0.4, 0.5) is 0 Å². The van der Waals surface area contributed by atoms with Gasteiger partial charge < -0.3 is 5.32 Å². The van der Waals surface area contributed by atoms with E-state index in [1.165, 1.54) is 12.5 Å². The molecule has 1 aromatic carbocycles. The smallest absolute Gasteiger partial charge is 0.231 e. The molecule has 0 bridgehead atoms. The number of hydrogen-bond donors (Lipinski definition) is 1. The Morgan fingerprint density at radius 2 is 1.63 bits per heavy atom. The van der Waals surface area contributed by atoms with Gasteiger partial charge in [-0.2, -0.15) is 0 Å². The van der Waals surface area contributed by atoms with Crippen LogP contribution in [0.25, 0.3) is 5.70 Å². The van der Waals surface area contributed by atoms with Crippen LogP contribution in [0.3, 0.4) is 0 Å². The molecule has 102 valence electrons. The highest BCUT2D eigenvalue weighted by molar-refractivity contribution is 6.00. The molecule has 0 unspecified atom stereocenters. The molecule has 0 spiro atoms. The molecular formula is C16H21NO2. The van der Waals surface area contributed by atoms with Crippen LogP contribution in [0.5, 0.6) is 0 Å². The van der Waals surface area contributed by atoms with Crippen LogP contribution in [0.2, 0.25) is 0 Å². The minimum atomic E-state index is -0.245. The first-order chi connectivity index (χ1) is 9.08. The summed E-state index contributed by atoms with van der Waals surface area (Å²) in [5.41, 5.74) is 3.01. The highest BCUT2D eigenvalue weighted by Gasteiger charge is 2.12. The van der Waals surface area contributed by atoms with E-state index < -0.39 is 0 Å². The maximum absolute atomic E-state index is 11.8. The first-order valence-electron chi connectivity index (χ1n) is 6.65. The molecule has 0 aliphatic rings. The molecule has 1 aromatic rings. The summed E-state index contributed by atoms with van der Waals surface area (Å²) >= 11 is 0. The molecule has 1 rings (SSSR count). The van der Waals surface area contributed by atoms with Crippen molar-refractivity contribution in [1.82, 2.24) is 5.32 Å². The van der Waals surface area contributed by atoms with Gasteiger partial charge in [-0.15, -0.1) is 0 Å². The van der Waals surface area contributed by atoms with Gasteiger partial charge in [-0.05, 0) is 30.9 Å². The average molecular weight is 259 g/mol. The van der Waals surface area contributed by atoms with Crippen molar-refractivity contribution >= 4 is 17.4 Å². The molecule has 0 fully saturated rings. The van der Waals surface area contributed by atoms with Gasteiger partial charge >= 0.3 is 0 Å². The number of amides is 1. The topological polar surface area (TPSA) is 46.2 Å². The number of ketones is 1. The Hall–Kier alpha value is -1.90. The van der Waals surface area contributed by atoms with Gasteiger partial charge in [0.25, 0.3) is 0 Å². The Labute approximate surface area is 114 Å². The van der Waals surface area contributed by atoms with E-state index in [1.54, 1.807) is 0 Å². The highest BCUT2D eigenvalue weighted by atomic mass is 16.2. The van der Waals surface area contributed by atoms with Crippen molar-refractivity contribution in [3.8, 4) is 0 Å². The molecule has 3 nitrogen and oxygen atoms in total. The number of allylic oxidation sites excluding steroid dienone is 1. The molecule has 0 heterocycles. The Balaban J connectivity index is 3.05. The lowest BCUT2D eigenvalue weighted by molar-refractivity contribution is -0.126. The van der Waals surface area contributed by atoms with Crippen molar-refractivity contribution in [2.45, 2.75) is 40.0 Å². The number of nitrogens with one attached hydrogen (secondary N) is 1. The van der Waals surface area contributed by atoms with Gasteiger partial charge in [-0.3, -0.25) is 9.59 Å². The van der Waals surface area contributed by atoms with E-state index in [0.717, 1.165) is 24.1 Å². The van der Waals surface area contributed by atoms with Crippen LogP contribution in [0.15, 0.2) is 35.9 Å². The molecule has 0 atom stereocenters. The van der Waals surface area contributed by atoms with Crippen molar-refractivity contribution < 1.29 is 9.59 Å². The molecular weight excluding hydrogens is 238 g/mol. The van der Waals surface area contributed by atoms with Gasteiger partial charge in [-0.1, -0.05) is 44.2 Å². The molecule has 0 aliphatic carbocycles. The summed E-state index contributed by atoms with van der Waals surface area (Å²) in [5.74, 6) is -0.370. The van der Waals surface area contributed by atoms with Crippen LogP contribution < -0.4 is 5.32 Å². The van der Waals surface area contributed by atoms with Crippen molar-refractivity contribution in [3.05, 3.63) is 41.5 Å².